The molecule has 0 radical (unpaired) electrons. The van der Waals surface area contributed by atoms with Gasteiger partial charge in [0.2, 0.25) is 0 Å². The molecule has 0 aromatic heterocycles. The summed E-state index contributed by atoms with van der Waals surface area (Å²) in [5, 5.41) is 0. The summed E-state index contributed by atoms with van der Waals surface area (Å²) in [4.78, 5) is 3.83. The molecule has 0 aromatic rings. The maximum atomic E-state index is 5.83. The lowest BCUT2D eigenvalue weighted by atomic mass is 9.90. The van der Waals surface area contributed by atoms with Crippen LogP contribution in [0.4, 0.5) is 0 Å². The van der Waals surface area contributed by atoms with Gasteiger partial charge in [0.05, 0.1) is 16.9 Å². The molecule has 0 aromatic carbocycles. The maximum absolute atomic E-state index is 5.83. The first-order chi connectivity index (χ1) is 6.80. The Kier molecular flexibility index (Phi) is 3.21. The topological polar surface area (TPSA) is 56.8 Å². The number of ether oxygens (including phenoxy) is 2. The lowest BCUT2D eigenvalue weighted by Gasteiger charge is -2.30. The lowest BCUT2D eigenvalue weighted by Crippen LogP contribution is -2.41. The fourth-order valence-electron chi connectivity index (χ4n) is 1.22. The third kappa shape index (κ3) is 2.38. The van der Waals surface area contributed by atoms with Gasteiger partial charge in [0, 0.05) is 13.3 Å². The van der Waals surface area contributed by atoms with Crippen LogP contribution in [0.15, 0.2) is 16.8 Å². The van der Waals surface area contributed by atoms with Crippen molar-refractivity contribution in [2.75, 3.05) is 7.05 Å². The number of rotatable bonds is 2. The van der Waals surface area contributed by atoms with Gasteiger partial charge in [0.25, 0.3) is 0 Å². The van der Waals surface area contributed by atoms with Crippen LogP contribution >= 0.6 is 0 Å². The SMILES string of the molecule is CN=C/C=C(\N)C1OC(C)(C)C(C)(C)O1. The molecule has 0 amide bonds. The van der Waals surface area contributed by atoms with Crippen molar-refractivity contribution in [3.8, 4) is 0 Å². The molecule has 4 heteroatoms. The van der Waals surface area contributed by atoms with Gasteiger partial charge in [0.1, 0.15) is 0 Å². The van der Waals surface area contributed by atoms with E-state index in [9.17, 15) is 0 Å². The molecule has 1 aliphatic rings. The Labute approximate surface area is 91.2 Å². The van der Waals surface area contributed by atoms with E-state index >= 15 is 0 Å². The van der Waals surface area contributed by atoms with Crippen LogP contribution in [0.1, 0.15) is 27.7 Å². The summed E-state index contributed by atoms with van der Waals surface area (Å²) in [6.45, 7) is 7.98. The molecule has 86 valence electrons. The van der Waals surface area contributed by atoms with E-state index in [4.69, 9.17) is 15.2 Å². The van der Waals surface area contributed by atoms with E-state index in [2.05, 4.69) is 4.99 Å². The zero-order valence-corrected chi connectivity index (χ0v) is 10.1. The van der Waals surface area contributed by atoms with Crippen LogP contribution < -0.4 is 5.73 Å². The highest BCUT2D eigenvalue weighted by Crippen LogP contribution is 2.39. The smallest absolute Gasteiger partial charge is 0.199 e. The molecule has 1 saturated heterocycles. The molecule has 1 fully saturated rings. The van der Waals surface area contributed by atoms with Gasteiger partial charge in [-0.15, -0.1) is 0 Å². The van der Waals surface area contributed by atoms with E-state index in [0.717, 1.165) is 0 Å². The Morgan fingerprint density at radius 2 is 1.67 bits per heavy atom. The summed E-state index contributed by atoms with van der Waals surface area (Å²) < 4.78 is 11.5. The minimum atomic E-state index is -0.479. The van der Waals surface area contributed by atoms with Crippen molar-refractivity contribution in [3.63, 3.8) is 0 Å². The first-order valence-corrected chi connectivity index (χ1v) is 5.03. The number of nitrogens with two attached hydrogens (primary N) is 1. The normalized spacial score (nSPS) is 26.3. The summed E-state index contributed by atoms with van der Waals surface area (Å²) in [6.07, 6.45) is 2.84. The molecule has 0 unspecified atom stereocenters. The Morgan fingerprint density at radius 3 is 2.07 bits per heavy atom. The highest BCUT2D eigenvalue weighted by Gasteiger charge is 2.49. The van der Waals surface area contributed by atoms with Crippen LogP contribution in [0.2, 0.25) is 0 Å². The highest BCUT2D eigenvalue weighted by molar-refractivity contribution is 5.71. The molecule has 1 rings (SSSR count). The third-order valence-electron chi connectivity index (χ3n) is 2.94. The van der Waals surface area contributed by atoms with Crippen molar-refractivity contribution in [1.82, 2.24) is 0 Å². The van der Waals surface area contributed by atoms with E-state index in [-0.39, 0.29) is 11.2 Å². The molecule has 0 spiro atoms. The van der Waals surface area contributed by atoms with Crippen molar-refractivity contribution in [1.29, 1.82) is 0 Å². The van der Waals surface area contributed by atoms with Crippen molar-refractivity contribution in [2.45, 2.75) is 45.2 Å². The predicted octanol–water partition coefficient (Wildman–Crippen LogP) is 1.46. The second kappa shape index (κ2) is 3.94. The molecule has 0 atom stereocenters. The highest BCUT2D eigenvalue weighted by atomic mass is 16.7. The molecule has 1 aliphatic heterocycles. The fraction of sp³-hybridized carbons (Fsp3) is 0.727. The second-order valence-corrected chi connectivity index (χ2v) is 4.66. The summed E-state index contributed by atoms with van der Waals surface area (Å²) in [7, 11) is 1.69. The van der Waals surface area contributed by atoms with Crippen LogP contribution in [0.3, 0.4) is 0 Å². The summed E-state index contributed by atoms with van der Waals surface area (Å²) in [5.74, 6) is 0. The van der Waals surface area contributed by atoms with Gasteiger partial charge >= 0.3 is 0 Å². The average Bonchev–Trinajstić information content (AvgIpc) is 2.32. The van der Waals surface area contributed by atoms with Crippen molar-refractivity contribution >= 4 is 6.21 Å². The largest absolute Gasteiger partial charge is 0.398 e. The van der Waals surface area contributed by atoms with Crippen LogP contribution in [0.5, 0.6) is 0 Å². The average molecular weight is 212 g/mol. The standard InChI is InChI=1S/C11H20N2O2/c1-10(2)11(3,4)15-9(14-10)8(12)6-7-13-5/h6-7,9H,12H2,1-5H3/b8-6-,13-7?. The summed E-state index contributed by atoms with van der Waals surface area (Å²) >= 11 is 0. The van der Waals surface area contributed by atoms with Crippen LogP contribution in [0.25, 0.3) is 0 Å². The summed E-state index contributed by atoms with van der Waals surface area (Å²) in [6, 6.07) is 0. The van der Waals surface area contributed by atoms with E-state index in [0.29, 0.717) is 5.70 Å². The maximum Gasteiger partial charge on any atom is 0.199 e. The lowest BCUT2D eigenvalue weighted by molar-refractivity contribution is -0.0596. The van der Waals surface area contributed by atoms with E-state index in [1.54, 1.807) is 19.3 Å². The van der Waals surface area contributed by atoms with Gasteiger partial charge in [0.15, 0.2) is 6.29 Å². The van der Waals surface area contributed by atoms with Gasteiger partial charge in [-0.05, 0) is 33.8 Å². The van der Waals surface area contributed by atoms with Crippen molar-refractivity contribution < 1.29 is 9.47 Å². The van der Waals surface area contributed by atoms with Crippen molar-refractivity contribution in [3.05, 3.63) is 11.8 Å². The van der Waals surface area contributed by atoms with Crippen LogP contribution in [0, 0.1) is 0 Å². The monoisotopic (exact) mass is 212 g/mol. The first-order valence-electron chi connectivity index (χ1n) is 5.03. The molecule has 1 heterocycles. The number of allylic oxidation sites excluding steroid dienone is 1. The predicted molar refractivity (Wildman–Crippen MR) is 60.8 cm³/mol. The Bertz CT molecular complexity index is 277. The minimum absolute atomic E-state index is 0.348. The van der Waals surface area contributed by atoms with Gasteiger partial charge in [-0.25, -0.2) is 0 Å². The van der Waals surface area contributed by atoms with E-state index in [1.165, 1.54) is 0 Å². The molecule has 0 saturated carbocycles. The molecule has 2 N–H and O–H groups in total. The molecule has 15 heavy (non-hydrogen) atoms. The van der Waals surface area contributed by atoms with Gasteiger partial charge in [-0.2, -0.15) is 0 Å². The van der Waals surface area contributed by atoms with Crippen LogP contribution in [-0.2, 0) is 9.47 Å². The number of nitrogens with zero attached hydrogens (tertiary/aromatic N) is 1. The summed E-state index contributed by atoms with van der Waals surface area (Å²) in [5.41, 5.74) is 5.67. The molecule has 0 aliphatic carbocycles. The quantitative estimate of drug-likeness (QED) is 0.705. The van der Waals surface area contributed by atoms with E-state index in [1.807, 2.05) is 27.7 Å². The molecular formula is C11H20N2O2. The Balaban J connectivity index is 2.79. The zero-order chi connectivity index (χ0) is 11.7. The second-order valence-electron chi connectivity index (χ2n) is 4.66. The minimum Gasteiger partial charge on any atom is -0.398 e. The van der Waals surface area contributed by atoms with Gasteiger partial charge < -0.3 is 15.2 Å². The number of aliphatic imine (C=N–C) groups is 1. The molecule has 4 nitrogen and oxygen atoms in total. The van der Waals surface area contributed by atoms with Gasteiger partial charge in [-0.3, -0.25) is 4.99 Å². The number of hydrogen-bond donors (Lipinski definition) is 1. The van der Waals surface area contributed by atoms with Gasteiger partial charge in [-0.1, -0.05) is 0 Å². The van der Waals surface area contributed by atoms with Crippen molar-refractivity contribution in [2.24, 2.45) is 10.7 Å². The Morgan fingerprint density at radius 1 is 1.20 bits per heavy atom. The van der Waals surface area contributed by atoms with Crippen LogP contribution in [-0.4, -0.2) is 30.8 Å². The molecule has 0 bridgehead atoms. The fourth-order valence-corrected chi connectivity index (χ4v) is 1.22. The molecular weight excluding hydrogens is 192 g/mol. The third-order valence-corrected chi connectivity index (χ3v) is 2.94. The van der Waals surface area contributed by atoms with E-state index < -0.39 is 6.29 Å². The number of hydrogen-bond acceptors (Lipinski definition) is 4. The Hall–Kier alpha value is -0.870. The zero-order valence-electron chi connectivity index (χ0n) is 10.1. The first kappa shape index (κ1) is 12.2.